The second-order valence-electron chi connectivity index (χ2n) is 7.10. The predicted molar refractivity (Wildman–Crippen MR) is 114 cm³/mol. The monoisotopic (exact) mass is 420 g/mol. The van der Waals surface area contributed by atoms with Gasteiger partial charge in [-0.1, -0.05) is 43.3 Å². The Hall–Kier alpha value is -3.87. The lowest BCUT2D eigenvalue weighted by Gasteiger charge is -2.15. The van der Waals surface area contributed by atoms with Gasteiger partial charge in [0.2, 0.25) is 0 Å². The topological polar surface area (TPSA) is 61.1 Å². The number of carbonyl (C=O) groups is 1. The lowest BCUT2D eigenvalue weighted by molar-refractivity contribution is 0.0988. The van der Waals surface area contributed by atoms with Gasteiger partial charge in [-0.15, -0.1) is 0 Å². The molecule has 0 saturated carbocycles. The van der Waals surface area contributed by atoms with Gasteiger partial charge in [0.25, 0.3) is 5.56 Å². The highest BCUT2D eigenvalue weighted by molar-refractivity contribution is 5.95. The first kappa shape index (κ1) is 20.4. The highest BCUT2D eigenvalue weighted by atomic mass is 19.1. The van der Waals surface area contributed by atoms with Crippen LogP contribution < -0.4 is 11.2 Å². The zero-order chi connectivity index (χ0) is 22.1. The van der Waals surface area contributed by atoms with E-state index in [0.717, 1.165) is 17.7 Å². The Kier molecular flexibility index (Phi) is 5.33. The van der Waals surface area contributed by atoms with E-state index in [1.165, 1.54) is 4.57 Å². The van der Waals surface area contributed by atoms with E-state index >= 15 is 0 Å². The first-order valence-electron chi connectivity index (χ1n) is 9.73. The minimum atomic E-state index is -1.01. The molecule has 31 heavy (non-hydrogen) atoms. The third-order valence-corrected chi connectivity index (χ3v) is 5.14. The van der Waals surface area contributed by atoms with Gasteiger partial charge in [0, 0.05) is 18.1 Å². The molecule has 1 aromatic heterocycles. The Morgan fingerprint density at radius 2 is 1.65 bits per heavy atom. The zero-order valence-electron chi connectivity index (χ0n) is 16.6. The van der Waals surface area contributed by atoms with E-state index in [4.69, 9.17) is 0 Å². The largest absolute Gasteiger partial charge is 0.336 e. The SMILES string of the molecule is CCC(=O)c1ccc(Cn2c(=O)n(-c3ccc(F)cc3F)c(=O)c3ccccc32)cc1. The maximum atomic E-state index is 14.4. The number of hydrogen-bond donors (Lipinski definition) is 0. The Labute approximate surface area is 175 Å². The van der Waals surface area contributed by atoms with Gasteiger partial charge < -0.3 is 0 Å². The van der Waals surface area contributed by atoms with Crippen LogP contribution in [-0.2, 0) is 6.54 Å². The molecule has 0 N–H and O–H groups in total. The summed E-state index contributed by atoms with van der Waals surface area (Å²) in [7, 11) is 0. The van der Waals surface area contributed by atoms with Gasteiger partial charge in [0.15, 0.2) is 5.78 Å². The van der Waals surface area contributed by atoms with Crippen molar-refractivity contribution in [3.05, 3.63) is 110 Å². The van der Waals surface area contributed by atoms with Crippen LogP contribution in [0.15, 0.2) is 76.3 Å². The fourth-order valence-corrected chi connectivity index (χ4v) is 3.53. The van der Waals surface area contributed by atoms with Gasteiger partial charge in [-0.05, 0) is 29.8 Å². The van der Waals surface area contributed by atoms with Crippen molar-refractivity contribution in [3.63, 3.8) is 0 Å². The average Bonchev–Trinajstić information content (AvgIpc) is 2.78. The Bertz CT molecular complexity index is 1420. The van der Waals surface area contributed by atoms with E-state index < -0.39 is 22.9 Å². The summed E-state index contributed by atoms with van der Waals surface area (Å²) in [5.74, 6) is -1.81. The molecule has 0 fully saturated rings. The highest BCUT2D eigenvalue weighted by Gasteiger charge is 2.17. The molecule has 0 aliphatic heterocycles. The van der Waals surface area contributed by atoms with E-state index in [9.17, 15) is 23.2 Å². The molecule has 156 valence electrons. The molecule has 3 aromatic carbocycles. The van der Waals surface area contributed by atoms with E-state index in [1.54, 1.807) is 55.5 Å². The second kappa shape index (κ2) is 8.10. The Balaban J connectivity index is 1.92. The van der Waals surface area contributed by atoms with Gasteiger partial charge in [-0.3, -0.25) is 14.2 Å². The molecule has 0 amide bonds. The summed E-state index contributed by atoms with van der Waals surface area (Å²) in [5.41, 5.74) is -0.0644. The fraction of sp³-hybridized carbons (Fsp3) is 0.125. The van der Waals surface area contributed by atoms with Crippen molar-refractivity contribution in [1.29, 1.82) is 0 Å². The van der Waals surface area contributed by atoms with Crippen LogP contribution >= 0.6 is 0 Å². The lowest BCUT2D eigenvalue weighted by Crippen LogP contribution is -2.39. The fourth-order valence-electron chi connectivity index (χ4n) is 3.53. The minimum Gasteiger partial charge on any atom is -0.294 e. The quantitative estimate of drug-likeness (QED) is 0.457. The lowest BCUT2D eigenvalue weighted by atomic mass is 10.1. The summed E-state index contributed by atoms with van der Waals surface area (Å²) in [6, 6.07) is 16.1. The second-order valence-corrected chi connectivity index (χ2v) is 7.10. The van der Waals surface area contributed by atoms with Crippen molar-refractivity contribution < 1.29 is 13.6 Å². The number of benzene rings is 3. The summed E-state index contributed by atoms with van der Waals surface area (Å²) in [6.07, 6.45) is 0.387. The number of aromatic nitrogens is 2. The van der Waals surface area contributed by atoms with Crippen LogP contribution in [0, 0.1) is 11.6 Å². The van der Waals surface area contributed by atoms with E-state index in [2.05, 4.69) is 0 Å². The van der Waals surface area contributed by atoms with Crippen molar-refractivity contribution >= 4 is 16.7 Å². The first-order valence-corrected chi connectivity index (χ1v) is 9.73. The highest BCUT2D eigenvalue weighted by Crippen LogP contribution is 2.16. The number of para-hydroxylation sites is 1. The number of fused-ring (bicyclic) bond motifs is 1. The molecule has 0 aliphatic carbocycles. The van der Waals surface area contributed by atoms with Gasteiger partial charge in [-0.25, -0.2) is 18.1 Å². The van der Waals surface area contributed by atoms with Crippen LogP contribution in [-0.4, -0.2) is 14.9 Å². The van der Waals surface area contributed by atoms with Crippen molar-refractivity contribution in [2.75, 3.05) is 0 Å². The number of halogens is 2. The molecule has 0 aliphatic rings. The zero-order valence-corrected chi connectivity index (χ0v) is 16.6. The number of Topliss-reactive ketones (excluding diaryl/α,β-unsaturated/α-hetero) is 1. The summed E-state index contributed by atoms with van der Waals surface area (Å²) < 4.78 is 29.9. The van der Waals surface area contributed by atoms with Gasteiger partial charge in [0.05, 0.1) is 23.1 Å². The molecule has 5 nitrogen and oxygen atoms in total. The average molecular weight is 420 g/mol. The molecular formula is C24H18F2N2O3. The molecule has 4 rings (SSSR count). The molecule has 7 heteroatoms. The maximum Gasteiger partial charge on any atom is 0.336 e. The van der Waals surface area contributed by atoms with Gasteiger partial charge in [0.1, 0.15) is 11.6 Å². The van der Waals surface area contributed by atoms with Crippen LogP contribution in [0.1, 0.15) is 29.3 Å². The number of hydrogen-bond acceptors (Lipinski definition) is 3. The molecule has 0 radical (unpaired) electrons. The molecule has 0 atom stereocenters. The maximum absolute atomic E-state index is 14.4. The molecule has 4 aromatic rings. The normalized spacial score (nSPS) is 11.1. The standard InChI is InChI=1S/C24H18F2N2O3/c1-2-22(29)16-9-7-15(8-10-16)14-27-20-6-4-3-5-18(20)23(30)28(24(27)31)21-12-11-17(25)13-19(21)26/h3-13H,2,14H2,1H3. The molecule has 1 heterocycles. The predicted octanol–water partition coefficient (Wildman–Crippen LogP) is 4.07. The number of carbonyl (C=O) groups excluding carboxylic acids is 1. The number of ketones is 1. The van der Waals surface area contributed by atoms with E-state index in [-0.39, 0.29) is 23.4 Å². The third kappa shape index (κ3) is 3.70. The van der Waals surface area contributed by atoms with Crippen molar-refractivity contribution in [2.45, 2.75) is 19.9 Å². The van der Waals surface area contributed by atoms with Crippen molar-refractivity contribution in [3.8, 4) is 5.69 Å². The van der Waals surface area contributed by atoms with Crippen LogP contribution in [0.5, 0.6) is 0 Å². The molecule has 0 unspecified atom stereocenters. The third-order valence-electron chi connectivity index (χ3n) is 5.14. The number of nitrogens with zero attached hydrogens (tertiary/aromatic N) is 2. The van der Waals surface area contributed by atoms with Crippen LogP contribution in [0.2, 0.25) is 0 Å². The Morgan fingerprint density at radius 3 is 2.32 bits per heavy atom. The van der Waals surface area contributed by atoms with Crippen molar-refractivity contribution in [2.24, 2.45) is 0 Å². The molecular weight excluding hydrogens is 402 g/mol. The van der Waals surface area contributed by atoms with Crippen LogP contribution in [0.4, 0.5) is 8.78 Å². The number of rotatable bonds is 5. The van der Waals surface area contributed by atoms with E-state index in [0.29, 0.717) is 28.1 Å². The van der Waals surface area contributed by atoms with Gasteiger partial charge >= 0.3 is 5.69 Å². The summed E-state index contributed by atoms with van der Waals surface area (Å²) in [6.45, 7) is 1.88. The summed E-state index contributed by atoms with van der Waals surface area (Å²) >= 11 is 0. The smallest absolute Gasteiger partial charge is 0.294 e. The molecule has 0 spiro atoms. The molecule has 0 bridgehead atoms. The van der Waals surface area contributed by atoms with Crippen molar-refractivity contribution in [1.82, 2.24) is 9.13 Å². The first-order chi connectivity index (χ1) is 14.9. The van der Waals surface area contributed by atoms with Gasteiger partial charge in [-0.2, -0.15) is 0 Å². The summed E-state index contributed by atoms with van der Waals surface area (Å²) in [5, 5.41) is 0.226. The minimum absolute atomic E-state index is 0.00880. The van der Waals surface area contributed by atoms with Crippen LogP contribution in [0.3, 0.4) is 0 Å². The summed E-state index contributed by atoms with van der Waals surface area (Å²) in [4.78, 5) is 38.1. The van der Waals surface area contributed by atoms with E-state index in [1.807, 2.05) is 0 Å². The Morgan fingerprint density at radius 1 is 0.935 bits per heavy atom. The van der Waals surface area contributed by atoms with Crippen LogP contribution in [0.25, 0.3) is 16.6 Å². The molecule has 0 saturated heterocycles.